The van der Waals surface area contributed by atoms with Gasteiger partial charge in [-0.1, -0.05) is 6.92 Å². The molecule has 5 saturated carbocycles. The Morgan fingerprint density at radius 2 is 1.69 bits per heavy atom. The number of ether oxygens (including phenoxy) is 7. The molecule has 0 radical (unpaired) electrons. The van der Waals surface area contributed by atoms with E-state index in [-0.39, 0.29) is 24.6 Å². The second-order valence-corrected chi connectivity index (χ2v) is 14.8. The number of esters is 2. The molecule has 7 bridgehead atoms. The summed E-state index contributed by atoms with van der Waals surface area (Å²) in [5, 5.41) is 37.4. The van der Waals surface area contributed by atoms with Crippen LogP contribution in [0.15, 0.2) is 24.3 Å². The number of fused-ring (bicyclic) bond motifs is 2. The summed E-state index contributed by atoms with van der Waals surface area (Å²) < 4.78 is 42.7. The van der Waals surface area contributed by atoms with E-state index < -0.39 is 94.3 Å². The highest BCUT2D eigenvalue weighted by Crippen LogP contribution is 2.80. The van der Waals surface area contributed by atoms with E-state index in [4.69, 9.17) is 33.2 Å². The number of methoxy groups -OCH3 is 5. The number of hydrogen-bond acceptors (Lipinski definition) is 13. The molecule has 1 saturated heterocycles. The predicted octanol–water partition coefficient (Wildman–Crippen LogP) is 0.657. The van der Waals surface area contributed by atoms with E-state index in [9.17, 15) is 24.9 Å². The van der Waals surface area contributed by atoms with Crippen molar-refractivity contribution in [3.8, 4) is 5.75 Å². The van der Waals surface area contributed by atoms with Crippen molar-refractivity contribution in [2.24, 2.45) is 34.5 Å². The molecule has 5 aliphatic carbocycles. The van der Waals surface area contributed by atoms with E-state index in [1.165, 1.54) is 21.1 Å². The predicted molar refractivity (Wildman–Crippen MR) is 167 cm³/mol. The molecular weight excluding hydrogens is 626 g/mol. The smallest absolute Gasteiger partial charge is 0.338 e. The number of nitrogens with zero attached hydrogens (tertiary/aromatic N) is 1. The summed E-state index contributed by atoms with van der Waals surface area (Å²) in [6.45, 7) is 4.64. The lowest BCUT2D eigenvalue weighted by atomic mass is 9.42. The lowest BCUT2D eigenvalue weighted by Gasteiger charge is -2.70. The van der Waals surface area contributed by atoms with Crippen molar-refractivity contribution in [1.29, 1.82) is 0 Å². The Morgan fingerprint density at radius 3 is 2.25 bits per heavy atom. The van der Waals surface area contributed by atoms with Crippen molar-refractivity contribution >= 4 is 11.9 Å². The van der Waals surface area contributed by atoms with Gasteiger partial charge in [0.05, 0.1) is 37.6 Å². The lowest BCUT2D eigenvalue weighted by Crippen LogP contribution is -2.81. The molecule has 3 N–H and O–H groups in total. The van der Waals surface area contributed by atoms with E-state index in [0.29, 0.717) is 25.3 Å². The van der Waals surface area contributed by atoms with Gasteiger partial charge in [0.25, 0.3) is 0 Å². The van der Waals surface area contributed by atoms with Crippen LogP contribution in [0.5, 0.6) is 5.75 Å². The van der Waals surface area contributed by atoms with Crippen LogP contribution in [-0.4, -0.2) is 141 Å². The van der Waals surface area contributed by atoms with Crippen LogP contribution in [0.25, 0.3) is 0 Å². The second-order valence-electron chi connectivity index (χ2n) is 14.8. The fourth-order valence-electron chi connectivity index (χ4n) is 12.5. The van der Waals surface area contributed by atoms with Crippen molar-refractivity contribution in [3.05, 3.63) is 29.8 Å². The first kappa shape index (κ1) is 34.1. The zero-order chi connectivity index (χ0) is 34.6. The molecular formula is C35H49NO12. The molecule has 13 nitrogen and oxygen atoms in total. The van der Waals surface area contributed by atoms with Crippen LogP contribution in [0.2, 0.25) is 0 Å². The van der Waals surface area contributed by atoms with E-state index in [1.807, 2.05) is 6.92 Å². The third kappa shape index (κ3) is 3.90. The van der Waals surface area contributed by atoms with Gasteiger partial charge in [0.15, 0.2) is 5.60 Å². The third-order valence-corrected chi connectivity index (χ3v) is 13.5. The first-order valence-corrected chi connectivity index (χ1v) is 16.9. The van der Waals surface area contributed by atoms with Crippen LogP contribution >= 0.6 is 0 Å². The molecule has 0 unspecified atom stereocenters. The largest absolute Gasteiger partial charge is 0.497 e. The number of aliphatic hydroxyl groups excluding tert-OH is 2. The quantitative estimate of drug-likeness (QED) is 0.297. The summed E-state index contributed by atoms with van der Waals surface area (Å²) in [5.74, 6) is -3.23. The topological polar surface area (TPSA) is 163 Å². The summed E-state index contributed by atoms with van der Waals surface area (Å²) >= 11 is 0. The molecule has 1 spiro atoms. The minimum Gasteiger partial charge on any atom is -0.497 e. The van der Waals surface area contributed by atoms with Crippen molar-refractivity contribution in [1.82, 2.24) is 4.90 Å². The normalized spacial score (nSPS) is 48.2. The zero-order valence-electron chi connectivity index (χ0n) is 28.7. The maximum Gasteiger partial charge on any atom is 0.338 e. The Morgan fingerprint density at radius 1 is 0.979 bits per heavy atom. The summed E-state index contributed by atoms with van der Waals surface area (Å²) in [7, 11) is 7.77. The van der Waals surface area contributed by atoms with E-state index in [0.717, 1.165) is 0 Å². The van der Waals surface area contributed by atoms with Crippen molar-refractivity contribution in [2.45, 2.75) is 80.6 Å². The van der Waals surface area contributed by atoms with Crippen LogP contribution in [0.4, 0.5) is 0 Å². The lowest BCUT2D eigenvalue weighted by molar-refractivity contribution is -0.322. The Balaban J connectivity index is 1.50. The standard InChI is InChI=1S/C35H49NO12/c1-8-36-15-32(16-42-3)21(38)13-22(44-5)34-20-14-33(41)29(47-31(40)18-9-11-19(43-4)12-10-18)23(20)35(48-17(2)37,28(39)30(33)46-7)24(27(34)36)25(45-6)26(32)34/h9-12,20-30,38-39,41H,8,13-16H2,1-7H3/t20-,21-,22+,23-,24+,25+,26-,27+,28+,29-,30+,32+,33-,34+,35-/m1/s1. The van der Waals surface area contributed by atoms with Crippen molar-refractivity contribution < 1.29 is 58.1 Å². The molecule has 7 rings (SSSR count). The minimum absolute atomic E-state index is 0.0591. The van der Waals surface area contributed by atoms with Crippen LogP contribution < -0.4 is 4.74 Å². The highest BCUT2D eigenvalue weighted by Gasteiger charge is 2.92. The monoisotopic (exact) mass is 675 g/mol. The number of carbonyl (C=O) groups is 2. The van der Waals surface area contributed by atoms with Gasteiger partial charge < -0.3 is 48.5 Å². The summed E-state index contributed by atoms with van der Waals surface area (Å²) in [6, 6.07) is 6.10. The molecule has 6 fully saturated rings. The van der Waals surface area contributed by atoms with E-state index >= 15 is 0 Å². The number of aliphatic hydroxyl groups is 3. The zero-order valence-corrected chi connectivity index (χ0v) is 28.7. The molecule has 1 aromatic carbocycles. The van der Waals surface area contributed by atoms with Crippen molar-refractivity contribution in [2.75, 3.05) is 55.2 Å². The molecule has 15 atom stereocenters. The number of hydrogen-bond donors (Lipinski definition) is 3. The van der Waals surface area contributed by atoms with Gasteiger partial charge in [0.1, 0.15) is 29.7 Å². The summed E-state index contributed by atoms with van der Waals surface area (Å²) in [6.07, 6.45) is -5.64. The SMILES string of the molecule is CCN1C[C@]2(COC)[C@H](O)C[C@H](OC)[C@@]34[C@@H]5C[C@@]6(O)[C@H](OC(=O)c7ccc(OC)cc7)[C@@H]5[C@@](OC(C)=O)([C@@H]([C@H](OC)[C@H]23)[C@H]14)[C@@H](O)[C@@H]6OC. The highest BCUT2D eigenvalue weighted by atomic mass is 16.6. The van der Waals surface area contributed by atoms with Crippen LogP contribution in [0.3, 0.4) is 0 Å². The Hall–Kier alpha value is -2.36. The van der Waals surface area contributed by atoms with Gasteiger partial charge in [-0.2, -0.15) is 0 Å². The Kier molecular flexibility index (Phi) is 8.24. The van der Waals surface area contributed by atoms with Gasteiger partial charge >= 0.3 is 11.9 Å². The van der Waals surface area contributed by atoms with Crippen LogP contribution in [-0.2, 0) is 33.2 Å². The second kappa shape index (κ2) is 11.6. The van der Waals surface area contributed by atoms with Gasteiger partial charge in [0.2, 0.25) is 0 Å². The number of rotatable bonds is 10. The number of carbonyl (C=O) groups excluding carboxylic acids is 2. The van der Waals surface area contributed by atoms with Gasteiger partial charge in [-0.25, -0.2) is 4.79 Å². The molecule has 48 heavy (non-hydrogen) atoms. The molecule has 0 aromatic heterocycles. The van der Waals surface area contributed by atoms with Crippen molar-refractivity contribution in [3.63, 3.8) is 0 Å². The van der Waals surface area contributed by atoms with Gasteiger partial charge in [-0.15, -0.1) is 0 Å². The molecule has 1 aromatic rings. The number of piperidine rings is 1. The summed E-state index contributed by atoms with van der Waals surface area (Å²) in [5.41, 5.74) is -4.94. The van der Waals surface area contributed by atoms with Gasteiger partial charge in [0, 0.05) is 83.0 Å². The fraction of sp³-hybridized carbons (Fsp3) is 0.771. The first-order valence-electron chi connectivity index (χ1n) is 16.9. The first-order chi connectivity index (χ1) is 22.9. The average molecular weight is 676 g/mol. The number of benzene rings is 1. The maximum absolute atomic E-state index is 13.9. The Bertz CT molecular complexity index is 1430. The van der Waals surface area contributed by atoms with Crippen LogP contribution in [0, 0.1) is 34.5 Å². The minimum atomic E-state index is -1.86. The molecule has 1 aliphatic heterocycles. The summed E-state index contributed by atoms with van der Waals surface area (Å²) in [4.78, 5) is 29.5. The fourth-order valence-corrected chi connectivity index (χ4v) is 12.5. The molecule has 13 heteroatoms. The third-order valence-electron chi connectivity index (χ3n) is 13.5. The Labute approximate surface area is 280 Å². The number of likely N-dealkylation sites (tertiary alicyclic amines) is 1. The van der Waals surface area contributed by atoms with E-state index in [2.05, 4.69) is 4.90 Å². The van der Waals surface area contributed by atoms with Gasteiger partial charge in [-0.3, -0.25) is 9.69 Å². The van der Waals surface area contributed by atoms with E-state index in [1.54, 1.807) is 45.6 Å². The highest BCUT2D eigenvalue weighted by molar-refractivity contribution is 5.89. The average Bonchev–Trinajstić information content (AvgIpc) is 3.44. The molecule has 1 heterocycles. The van der Waals surface area contributed by atoms with Crippen LogP contribution in [0.1, 0.15) is 37.0 Å². The molecule has 266 valence electrons. The molecule has 6 aliphatic rings. The van der Waals surface area contributed by atoms with Gasteiger partial charge in [-0.05, 0) is 43.1 Å². The molecule has 0 amide bonds. The maximum atomic E-state index is 13.9.